The number of aryl methyl sites for hydroxylation is 2. The lowest BCUT2D eigenvalue weighted by atomic mass is 9.92. The fourth-order valence-electron chi connectivity index (χ4n) is 1.85. The van der Waals surface area contributed by atoms with E-state index in [9.17, 15) is 5.11 Å². The number of aromatic hydroxyl groups is 1. The van der Waals surface area contributed by atoms with Gasteiger partial charge in [0.1, 0.15) is 5.75 Å². The normalized spacial score (nSPS) is 10.3. The molecule has 0 bridgehead atoms. The molecule has 16 heavy (non-hydrogen) atoms. The van der Waals surface area contributed by atoms with Crippen LogP contribution in [0.4, 0.5) is 0 Å². The van der Waals surface area contributed by atoms with Crippen LogP contribution >= 0.6 is 0 Å². The van der Waals surface area contributed by atoms with E-state index in [4.69, 9.17) is 0 Å². The number of phenols is 1. The van der Waals surface area contributed by atoms with Crippen molar-refractivity contribution < 1.29 is 5.11 Å². The summed E-state index contributed by atoms with van der Waals surface area (Å²) in [5, 5.41) is 10.1. The maximum Gasteiger partial charge on any atom is 0.126 e. The SMILES string of the molecule is C=C=C(CC(C)C)c1c(C)ccc(C)c1O. The summed E-state index contributed by atoms with van der Waals surface area (Å²) < 4.78 is 0. The minimum Gasteiger partial charge on any atom is -0.507 e. The predicted octanol–water partition coefficient (Wildman–Crippen LogP) is 4.22. The molecule has 0 unspecified atom stereocenters. The minimum absolute atomic E-state index is 0.367. The van der Waals surface area contributed by atoms with Gasteiger partial charge in [-0.3, -0.25) is 0 Å². The first-order chi connectivity index (χ1) is 7.47. The molecule has 0 amide bonds. The Labute approximate surface area is 98.1 Å². The third kappa shape index (κ3) is 2.56. The number of phenolic OH excluding ortho intramolecular Hbond substituents is 1. The molecular formula is C15H20O. The Morgan fingerprint density at radius 1 is 1.31 bits per heavy atom. The van der Waals surface area contributed by atoms with Gasteiger partial charge in [-0.2, -0.15) is 0 Å². The summed E-state index contributed by atoms with van der Waals surface area (Å²) in [6.07, 6.45) is 0.890. The van der Waals surface area contributed by atoms with Gasteiger partial charge in [0, 0.05) is 11.1 Å². The highest BCUT2D eigenvalue weighted by Gasteiger charge is 2.13. The first kappa shape index (κ1) is 12.6. The van der Waals surface area contributed by atoms with E-state index >= 15 is 0 Å². The Morgan fingerprint density at radius 3 is 2.38 bits per heavy atom. The highest BCUT2D eigenvalue weighted by atomic mass is 16.3. The molecule has 0 saturated heterocycles. The van der Waals surface area contributed by atoms with Crippen molar-refractivity contribution in [3.8, 4) is 5.75 Å². The highest BCUT2D eigenvalue weighted by molar-refractivity contribution is 5.73. The lowest BCUT2D eigenvalue weighted by Crippen LogP contribution is -1.95. The van der Waals surface area contributed by atoms with Gasteiger partial charge < -0.3 is 5.11 Å². The van der Waals surface area contributed by atoms with Crippen molar-refractivity contribution in [3.05, 3.63) is 41.1 Å². The Kier molecular flexibility index (Phi) is 3.98. The Hall–Kier alpha value is -1.46. The largest absolute Gasteiger partial charge is 0.507 e. The molecule has 0 aromatic heterocycles. The standard InChI is InChI=1S/C15H20O/c1-6-13(9-10(2)3)14-11(4)7-8-12(5)15(14)16/h7-8,10,16H,1,9H2,2-5H3. The van der Waals surface area contributed by atoms with Gasteiger partial charge in [-0.1, -0.05) is 32.6 Å². The number of hydrogen-bond donors (Lipinski definition) is 1. The molecule has 1 aromatic carbocycles. The average molecular weight is 216 g/mol. The van der Waals surface area contributed by atoms with Crippen LogP contribution in [0.25, 0.3) is 5.57 Å². The van der Waals surface area contributed by atoms with Gasteiger partial charge in [-0.15, -0.1) is 5.73 Å². The Morgan fingerprint density at radius 2 is 1.88 bits per heavy atom. The summed E-state index contributed by atoms with van der Waals surface area (Å²) in [5.41, 5.74) is 6.86. The molecule has 0 aliphatic rings. The second kappa shape index (κ2) is 5.05. The van der Waals surface area contributed by atoms with Crippen LogP contribution in [0.15, 0.2) is 24.4 Å². The molecule has 1 heteroatoms. The van der Waals surface area contributed by atoms with Gasteiger partial charge in [0.25, 0.3) is 0 Å². The summed E-state index contributed by atoms with van der Waals surface area (Å²) in [5.74, 6) is 0.898. The zero-order chi connectivity index (χ0) is 12.3. The van der Waals surface area contributed by atoms with E-state index < -0.39 is 0 Å². The molecule has 0 radical (unpaired) electrons. The second-order valence-corrected chi connectivity index (χ2v) is 4.68. The first-order valence-electron chi connectivity index (χ1n) is 5.65. The first-order valence-corrected chi connectivity index (χ1v) is 5.65. The van der Waals surface area contributed by atoms with Gasteiger partial charge in [0.15, 0.2) is 0 Å². The maximum atomic E-state index is 10.1. The van der Waals surface area contributed by atoms with Crippen molar-refractivity contribution in [1.82, 2.24) is 0 Å². The molecule has 0 atom stereocenters. The lowest BCUT2D eigenvalue weighted by Gasteiger charge is -2.14. The van der Waals surface area contributed by atoms with E-state index in [1.807, 2.05) is 26.0 Å². The monoisotopic (exact) mass is 216 g/mol. The van der Waals surface area contributed by atoms with Crippen LogP contribution in [0, 0.1) is 19.8 Å². The average Bonchev–Trinajstić information content (AvgIpc) is 2.22. The van der Waals surface area contributed by atoms with E-state index in [2.05, 4.69) is 26.2 Å². The van der Waals surface area contributed by atoms with E-state index in [1.54, 1.807) is 0 Å². The third-order valence-corrected chi connectivity index (χ3v) is 2.72. The van der Waals surface area contributed by atoms with Crippen molar-refractivity contribution >= 4 is 5.57 Å². The topological polar surface area (TPSA) is 20.2 Å². The van der Waals surface area contributed by atoms with Crippen molar-refractivity contribution in [2.24, 2.45) is 5.92 Å². The number of hydrogen-bond acceptors (Lipinski definition) is 1. The highest BCUT2D eigenvalue weighted by Crippen LogP contribution is 2.33. The fourth-order valence-corrected chi connectivity index (χ4v) is 1.85. The molecule has 0 saturated carbocycles. The van der Waals surface area contributed by atoms with Crippen LogP contribution in [0.3, 0.4) is 0 Å². The van der Waals surface area contributed by atoms with Crippen LogP contribution in [-0.2, 0) is 0 Å². The van der Waals surface area contributed by atoms with Gasteiger partial charge in [0.2, 0.25) is 0 Å². The molecular weight excluding hydrogens is 196 g/mol. The summed E-state index contributed by atoms with van der Waals surface area (Å²) in [6.45, 7) is 12.0. The van der Waals surface area contributed by atoms with Gasteiger partial charge >= 0.3 is 0 Å². The van der Waals surface area contributed by atoms with Crippen LogP contribution in [0.5, 0.6) is 5.75 Å². The second-order valence-electron chi connectivity index (χ2n) is 4.68. The Bertz CT molecular complexity index is 435. The molecule has 0 aliphatic heterocycles. The smallest absolute Gasteiger partial charge is 0.126 e. The molecule has 0 fully saturated rings. The van der Waals surface area contributed by atoms with Crippen molar-refractivity contribution in [1.29, 1.82) is 0 Å². The zero-order valence-electron chi connectivity index (χ0n) is 10.6. The van der Waals surface area contributed by atoms with Crippen molar-refractivity contribution in [2.45, 2.75) is 34.1 Å². The molecule has 0 aliphatic carbocycles. The van der Waals surface area contributed by atoms with Crippen LogP contribution in [-0.4, -0.2) is 5.11 Å². The quantitative estimate of drug-likeness (QED) is 0.750. The van der Waals surface area contributed by atoms with E-state index in [-0.39, 0.29) is 0 Å². The summed E-state index contributed by atoms with van der Waals surface area (Å²) in [6, 6.07) is 3.96. The summed E-state index contributed by atoms with van der Waals surface area (Å²) in [4.78, 5) is 0. The molecule has 86 valence electrons. The molecule has 1 aromatic rings. The fraction of sp³-hybridized carbons (Fsp3) is 0.400. The van der Waals surface area contributed by atoms with Gasteiger partial charge in [-0.05, 0) is 37.3 Å². The molecule has 1 nitrogen and oxygen atoms in total. The molecule has 1 N–H and O–H groups in total. The minimum atomic E-state index is 0.367. The molecule has 0 spiro atoms. The molecule has 1 rings (SSSR count). The van der Waals surface area contributed by atoms with E-state index in [1.165, 1.54) is 0 Å². The van der Waals surface area contributed by atoms with Crippen molar-refractivity contribution in [2.75, 3.05) is 0 Å². The Balaban J connectivity index is 3.31. The van der Waals surface area contributed by atoms with Gasteiger partial charge in [-0.25, -0.2) is 0 Å². The number of rotatable bonds is 3. The van der Waals surface area contributed by atoms with Crippen LogP contribution in [0.1, 0.15) is 37.0 Å². The zero-order valence-corrected chi connectivity index (χ0v) is 10.6. The summed E-state index contributed by atoms with van der Waals surface area (Å²) >= 11 is 0. The summed E-state index contributed by atoms with van der Waals surface area (Å²) in [7, 11) is 0. The van der Waals surface area contributed by atoms with Crippen molar-refractivity contribution in [3.63, 3.8) is 0 Å². The van der Waals surface area contributed by atoms with E-state index in [0.29, 0.717) is 11.7 Å². The lowest BCUT2D eigenvalue weighted by molar-refractivity contribution is 0.468. The maximum absolute atomic E-state index is 10.1. The van der Waals surface area contributed by atoms with E-state index in [0.717, 1.165) is 28.7 Å². The van der Waals surface area contributed by atoms with Crippen LogP contribution < -0.4 is 0 Å². The van der Waals surface area contributed by atoms with Gasteiger partial charge in [0.05, 0.1) is 0 Å². The number of allylic oxidation sites excluding steroid dienone is 1. The number of benzene rings is 1. The third-order valence-electron chi connectivity index (χ3n) is 2.72. The molecule has 0 heterocycles. The van der Waals surface area contributed by atoms with Crippen LogP contribution in [0.2, 0.25) is 0 Å². The predicted molar refractivity (Wildman–Crippen MR) is 69.6 cm³/mol.